The van der Waals surface area contributed by atoms with Crippen molar-refractivity contribution in [1.82, 2.24) is 4.90 Å². The Kier molecular flexibility index (Phi) is 5.17. The number of carbonyl (C=O) groups excluding carboxylic acids is 2. The molecule has 23 heavy (non-hydrogen) atoms. The Morgan fingerprint density at radius 3 is 2.74 bits per heavy atom. The molecule has 6 nitrogen and oxygen atoms in total. The second-order valence-electron chi connectivity index (χ2n) is 5.67. The maximum absolute atomic E-state index is 13.0. The van der Waals surface area contributed by atoms with Crippen molar-refractivity contribution >= 4 is 28.3 Å². The molecule has 0 aromatic carbocycles. The highest BCUT2D eigenvalue weighted by Crippen LogP contribution is 2.39. The SMILES string of the molecule is CCOC(=O)Nc1sc2c(c1C(=O)N1CCOCC1)CCCC2. The molecule has 1 aromatic rings. The Bertz CT molecular complexity index is 593. The van der Waals surface area contributed by atoms with Crippen LogP contribution in [0.3, 0.4) is 0 Å². The van der Waals surface area contributed by atoms with E-state index in [9.17, 15) is 9.59 Å². The molecule has 126 valence electrons. The van der Waals surface area contributed by atoms with E-state index >= 15 is 0 Å². The normalized spacial score (nSPS) is 17.5. The predicted octanol–water partition coefficient (Wildman–Crippen LogP) is 2.67. The molecule has 1 fully saturated rings. The van der Waals surface area contributed by atoms with Gasteiger partial charge in [-0.25, -0.2) is 4.79 Å². The maximum atomic E-state index is 13.0. The molecule has 2 heterocycles. The van der Waals surface area contributed by atoms with Crippen molar-refractivity contribution < 1.29 is 19.1 Å². The van der Waals surface area contributed by atoms with Gasteiger partial charge in [0.15, 0.2) is 0 Å². The molecule has 0 unspecified atom stereocenters. The van der Waals surface area contributed by atoms with Crippen LogP contribution in [0.4, 0.5) is 9.80 Å². The van der Waals surface area contributed by atoms with Crippen LogP contribution >= 0.6 is 11.3 Å². The molecule has 0 saturated carbocycles. The second-order valence-corrected chi connectivity index (χ2v) is 6.77. The number of hydrogen-bond acceptors (Lipinski definition) is 5. The summed E-state index contributed by atoms with van der Waals surface area (Å²) in [7, 11) is 0. The van der Waals surface area contributed by atoms with Gasteiger partial charge in [0, 0.05) is 18.0 Å². The van der Waals surface area contributed by atoms with E-state index in [-0.39, 0.29) is 5.91 Å². The van der Waals surface area contributed by atoms with E-state index in [4.69, 9.17) is 9.47 Å². The van der Waals surface area contributed by atoms with Gasteiger partial charge < -0.3 is 14.4 Å². The fraction of sp³-hybridized carbons (Fsp3) is 0.625. The minimum absolute atomic E-state index is 0.000464. The minimum Gasteiger partial charge on any atom is -0.450 e. The Morgan fingerprint density at radius 2 is 2.00 bits per heavy atom. The molecule has 1 saturated heterocycles. The van der Waals surface area contributed by atoms with Crippen molar-refractivity contribution in [2.75, 3.05) is 38.2 Å². The summed E-state index contributed by atoms with van der Waals surface area (Å²) in [4.78, 5) is 27.8. The first-order valence-corrected chi connectivity index (χ1v) is 8.97. The van der Waals surface area contributed by atoms with Gasteiger partial charge in [0.2, 0.25) is 0 Å². The van der Waals surface area contributed by atoms with Crippen molar-refractivity contribution in [3.8, 4) is 0 Å². The molecule has 1 aromatic heterocycles. The van der Waals surface area contributed by atoms with Crippen molar-refractivity contribution in [3.63, 3.8) is 0 Å². The van der Waals surface area contributed by atoms with Crippen LogP contribution in [0.5, 0.6) is 0 Å². The molecule has 1 aliphatic carbocycles. The molecule has 2 aliphatic rings. The summed E-state index contributed by atoms with van der Waals surface area (Å²) in [6.07, 6.45) is 3.61. The van der Waals surface area contributed by atoms with E-state index in [1.165, 1.54) is 16.2 Å². The number of carbonyl (C=O) groups is 2. The van der Waals surface area contributed by atoms with E-state index in [0.717, 1.165) is 31.2 Å². The summed E-state index contributed by atoms with van der Waals surface area (Å²) in [5, 5.41) is 3.40. The highest BCUT2D eigenvalue weighted by atomic mass is 32.1. The maximum Gasteiger partial charge on any atom is 0.412 e. The molecule has 1 aliphatic heterocycles. The van der Waals surface area contributed by atoms with Gasteiger partial charge in [0.1, 0.15) is 5.00 Å². The van der Waals surface area contributed by atoms with Crippen LogP contribution in [-0.2, 0) is 22.3 Å². The number of nitrogens with one attached hydrogen (secondary N) is 1. The predicted molar refractivity (Wildman–Crippen MR) is 88.3 cm³/mol. The fourth-order valence-corrected chi connectivity index (χ4v) is 4.33. The number of rotatable bonds is 3. The Hall–Kier alpha value is -1.60. The van der Waals surface area contributed by atoms with Crippen molar-refractivity contribution in [2.24, 2.45) is 0 Å². The molecule has 3 rings (SSSR count). The number of thiophene rings is 1. The van der Waals surface area contributed by atoms with Gasteiger partial charge >= 0.3 is 6.09 Å². The van der Waals surface area contributed by atoms with Crippen molar-refractivity contribution in [1.29, 1.82) is 0 Å². The number of ether oxygens (including phenoxy) is 2. The van der Waals surface area contributed by atoms with Crippen LogP contribution in [-0.4, -0.2) is 49.8 Å². The summed E-state index contributed by atoms with van der Waals surface area (Å²) < 4.78 is 10.3. The largest absolute Gasteiger partial charge is 0.450 e. The molecule has 7 heteroatoms. The third kappa shape index (κ3) is 3.50. The van der Waals surface area contributed by atoms with Gasteiger partial charge in [-0.2, -0.15) is 0 Å². The average Bonchev–Trinajstić information content (AvgIpc) is 2.93. The monoisotopic (exact) mass is 338 g/mol. The van der Waals surface area contributed by atoms with E-state index < -0.39 is 6.09 Å². The number of fused-ring (bicyclic) bond motifs is 1. The first-order chi connectivity index (χ1) is 11.2. The van der Waals surface area contributed by atoms with E-state index in [1.807, 2.05) is 4.90 Å². The second kappa shape index (κ2) is 7.31. The van der Waals surface area contributed by atoms with E-state index in [2.05, 4.69) is 5.32 Å². The zero-order chi connectivity index (χ0) is 16.2. The Labute approximate surface area is 139 Å². The smallest absolute Gasteiger partial charge is 0.412 e. The number of aryl methyl sites for hydroxylation is 1. The zero-order valence-corrected chi connectivity index (χ0v) is 14.2. The molecule has 0 spiro atoms. The van der Waals surface area contributed by atoms with Crippen molar-refractivity contribution in [2.45, 2.75) is 32.6 Å². The Morgan fingerprint density at radius 1 is 1.26 bits per heavy atom. The number of amides is 2. The lowest BCUT2D eigenvalue weighted by molar-refractivity contribution is 0.0303. The lowest BCUT2D eigenvalue weighted by Crippen LogP contribution is -2.41. The summed E-state index contributed by atoms with van der Waals surface area (Å²) in [6.45, 7) is 4.41. The Balaban J connectivity index is 1.90. The van der Waals surface area contributed by atoms with Crippen LogP contribution in [0.25, 0.3) is 0 Å². The van der Waals surface area contributed by atoms with Crippen LogP contribution in [0.15, 0.2) is 0 Å². The number of hydrogen-bond donors (Lipinski definition) is 1. The average molecular weight is 338 g/mol. The van der Waals surface area contributed by atoms with Crippen LogP contribution < -0.4 is 5.32 Å². The van der Waals surface area contributed by atoms with Gasteiger partial charge in [0.25, 0.3) is 5.91 Å². The highest BCUT2D eigenvalue weighted by molar-refractivity contribution is 7.17. The van der Waals surface area contributed by atoms with Crippen LogP contribution in [0.2, 0.25) is 0 Å². The molecule has 0 radical (unpaired) electrons. The number of morpholine rings is 1. The summed E-state index contributed by atoms with van der Waals surface area (Å²) >= 11 is 1.52. The third-order valence-electron chi connectivity index (χ3n) is 4.17. The molecular formula is C16H22N2O4S. The molecule has 1 N–H and O–H groups in total. The topological polar surface area (TPSA) is 67.9 Å². The quantitative estimate of drug-likeness (QED) is 0.920. The third-order valence-corrected chi connectivity index (χ3v) is 5.38. The minimum atomic E-state index is -0.498. The first kappa shape index (κ1) is 16.3. The van der Waals surface area contributed by atoms with Gasteiger partial charge in [-0.3, -0.25) is 10.1 Å². The van der Waals surface area contributed by atoms with E-state index in [0.29, 0.717) is 43.5 Å². The van der Waals surface area contributed by atoms with Gasteiger partial charge in [-0.05, 0) is 38.2 Å². The highest BCUT2D eigenvalue weighted by Gasteiger charge is 2.30. The number of anilines is 1. The lowest BCUT2D eigenvalue weighted by Gasteiger charge is -2.27. The van der Waals surface area contributed by atoms with Gasteiger partial charge in [-0.1, -0.05) is 0 Å². The molecule has 2 amide bonds. The van der Waals surface area contributed by atoms with Crippen LogP contribution in [0.1, 0.15) is 40.6 Å². The number of nitrogens with zero attached hydrogens (tertiary/aromatic N) is 1. The van der Waals surface area contributed by atoms with Crippen molar-refractivity contribution in [3.05, 3.63) is 16.0 Å². The lowest BCUT2D eigenvalue weighted by atomic mass is 9.95. The summed E-state index contributed by atoms with van der Waals surface area (Å²) in [6, 6.07) is 0. The first-order valence-electron chi connectivity index (χ1n) is 8.16. The van der Waals surface area contributed by atoms with Gasteiger partial charge in [0.05, 0.1) is 25.4 Å². The van der Waals surface area contributed by atoms with E-state index in [1.54, 1.807) is 6.92 Å². The molecular weight excluding hydrogens is 316 g/mol. The fourth-order valence-electron chi connectivity index (χ4n) is 3.06. The molecule has 0 bridgehead atoms. The zero-order valence-electron chi connectivity index (χ0n) is 13.4. The molecule has 0 atom stereocenters. The van der Waals surface area contributed by atoms with Crippen LogP contribution in [0, 0.1) is 0 Å². The summed E-state index contributed by atoms with van der Waals surface area (Å²) in [5.74, 6) is -0.000464. The standard InChI is InChI=1S/C16H22N2O4S/c1-2-22-16(20)17-14-13(11-5-3-4-6-12(11)23-14)15(19)18-7-9-21-10-8-18/h2-10H2,1H3,(H,17,20). The summed E-state index contributed by atoms with van der Waals surface area (Å²) in [5.41, 5.74) is 1.78. The van der Waals surface area contributed by atoms with Gasteiger partial charge in [-0.15, -0.1) is 11.3 Å².